The number of morpholine rings is 1. The summed E-state index contributed by atoms with van der Waals surface area (Å²) in [7, 11) is 0. The van der Waals surface area contributed by atoms with E-state index in [1.165, 1.54) is 11.8 Å². The van der Waals surface area contributed by atoms with Crippen LogP contribution in [0.2, 0.25) is 5.15 Å². The second-order valence-electron chi connectivity index (χ2n) is 7.24. The summed E-state index contributed by atoms with van der Waals surface area (Å²) in [6.07, 6.45) is 0. The van der Waals surface area contributed by atoms with Crippen molar-refractivity contribution in [1.82, 2.24) is 9.97 Å². The van der Waals surface area contributed by atoms with Crippen molar-refractivity contribution in [2.24, 2.45) is 0 Å². The van der Waals surface area contributed by atoms with E-state index in [0.717, 1.165) is 35.7 Å². The maximum Gasteiger partial charge on any atom is 0.255 e. The molecule has 1 aliphatic rings. The number of benzene rings is 2. The number of carbonyl (C=O) groups is 1. The molecule has 1 N–H and O–H groups in total. The van der Waals surface area contributed by atoms with Crippen molar-refractivity contribution in [3.8, 4) is 0 Å². The molecule has 0 spiro atoms. The third kappa shape index (κ3) is 5.97. The molecule has 6 nitrogen and oxygen atoms in total. The van der Waals surface area contributed by atoms with Crippen LogP contribution in [0.25, 0.3) is 0 Å². The van der Waals surface area contributed by atoms with E-state index in [1.807, 2.05) is 55.5 Å². The van der Waals surface area contributed by atoms with Gasteiger partial charge in [-0.05, 0) is 36.8 Å². The number of nitrogens with one attached hydrogen (secondary N) is 1. The summed E-state index contributed by atoms with van der Waals surface area (Å²) < 4.78 is 5.40. The fourth-order valence-corrected chi connectivity index (χ4v) is 4.18. The number of nitrogens with zero attached hydrogens (tertiary/aromatic N) is 3. The first-order valence-corrected chi connectivity index (χ1v) is 11.4. The molecule has 2 heterocycles. The van der Waals surface area contributed by atoms with Gasteiger partial charge in [-0.15, -0.1) is 0 Å². The van der Waals surface area contributed by atoms with Crippen molar-refractivity contribution in [2.75, 3.05) is 36.5 Å². The second kappa shape index (κ2) is 10.1. The van der Waals surface area contributed by atoms with Crippen LogP contribution in [-0.2, 0) is 10.5 Å². The highest BCUT2D eigenvalue weighted by molar-refractivity contribution is 7.98. The second-order valence-corrected chi connectivity index (χ2v) is 8.57. The highest BCUT2D eigenvalue weighted by atomic mass is 35.5. The van der Waals surface area contributed by atoms with Crippen molar-refractivity contribution >= 4 is 40.8 Å². The van der Waals surface area contributed by atoms with E-state index in [9.17, 15) is 4.79 Å². The zero-order valence-corrected chi connectivity index (χ0v) is 18.7. The van der Waals surface area contributed by atoms with Crippen molar-refractivity contribution in [1.29, 1.82) is 0 Å². The SMILES string of the molecule is Cc1ccc(NC(=O)c2ccc(CSc3nc(Cl)cc(N4CCOCC4)n3)cc2)cc1. The van der Waals surface area contributed by atoms with E-state index in [-0.39, 0.29) is 5.91 Å². The average molecular weight is 455 g/mol. The largest absolute Gasteiger partial charge is 0.378 e. The van der Waals surface area contributed by atoms with Crippen LogP contribution < -0.4 is 10.2 Å². The Bertz CT molecular complexity index is 1040. The molecule has 1 saturated heterocycles. The van der Waals surface area contributed by atoms with E-state index in [0.29, 0.717) is 34.8 Å². The van der Waals surface area contributed by atoms with Crippen molar-refractivity contribution in [2.45, 2.75) is 17.8 Å². The van der Waals surface area contributed by atoms with Gasteiger partial charge in [-0.25, -0.2) is 9.97 Å². The van der Waals surface area contributed by atoms with Crippen molar-refractivity contribution in [3.05, 3.63) is 76.4 Å². The maximum absolute atomic E-state index is 12.5. The van der Waals surface area contributed by atoms with Gasteiger partial charge >= 0.3 is 0 Å². The number of anilines is 2. The van der Waals surface area contributed by atoms with Crippen LogP contribution in [0.3, 0.4) is 0 Å². The van der Waals surface area contributed by atoms with E-state index in [4.69, 9.17) is 16.3 Å². The predicted octanol–water partition coefficient (Wildman–Crippen LogP) is 4.82. The molecule has 160 valence electrons. The van der Waals surface area contributed by atoms with Gasteiger partial charge in [0.2, 0.25) is 0 Å². The number of halogens is 1. The fraction of sp³-hybridized carbons (Fsp3) is 0.261. The van der Waals surface area contributed by atoms with Gasteiger partial charge in [0.1, 0.15) is 11.0 Å². The van der Waals surface area contributed by atoms with Gasteiger partial charge in [0.25, 0.3) is 5.91 Å². The normalized spacial score (nSPS) is 13.8. The molecular weight excluding hydrogens is 432 g/mol. The molecular formula is C23H23ClN4O2S. The van der Waals surface area contributed by atoms with E-state index in [1.54, 1.807) is 6.07 Å². The molecule has 0 bridgehead atoms. The lowest BCUT2D eigenvalue weighted by atomic mass is 10.1. The Hall–Kier alpha value is -2.61. The van der Waals surface area contributed by atoms with E-state index >= 15 is 0 Å². The van der Waals surface area contributed by atoms with Crippen LogP contribution in [0.4, 0.5) is 11.5 Å². The third-order valence-electron chi connectivity index (χ3n) is 4.89. The minimum absolute atomic E-state index is 0.128. The molecule has 0 atom stereocenters. The summed E-state index contributed by atoms with van der Waals surface area (Å²) in [5.74, 6) is 1.38. The number of aryl methyl sites for hydroxylation is 1. The zero-order chi connectivity index (χ0) is 21.6. The zero-order valence-electron chi connectivity index (χ0n) is 17.2. The Morgan fingerprint density at radius 1 is 1.10 bits per heavy atom. The molecule has 4 rings (SSSR count). The summed E-state index contributed by atoms with van der Waals surface area (Å²) in [4.78, 5) is 23.6. The number of amides is 1. The van der Waals surface area contributed by atoms with Crippen LogP contribution in [0.1, 0.15) is 21.5 Å². The maximum atomic E-state index is 12.5. The van der Waals surface area contributed by atoms with Crippen LogP contribution in [0, 0.1) is 6.92 Å². The lowest BCUT2D eigenvalue weighted by Gasteiger charge is -2.27. The summed E-state index contributed by atoms with van der Waals surface area (Å²) in [6.45, 7) is 4.98. The molecule has 1 fully saturated rings. The Balaban J connectivity index is 1.36. The van der Waals surface area contributed by atoms with E-state index < -0.39 is 0 Å². The first-order valence-electron chi connectivity index (χ1n) is 10.0. The quantitative estimate of drug-likeness (QED) is 0.327. The van der Waals surface area contributed by atoms with Gasteiger partial charge in [-0.2, -0.15) is 0 Å². The first kappa shape index (κ1) is 21.6. The molecule has 0 aliphatic carbocycles. The van der Waals surface area contributed by atoms with Crippen LogP contribution in [-0.4, -0.2) is 42.2 Å². The molecule has 0 saturated carbocycles. The molecule has 0 radical (unpaired) electrons. The highest BCUT2D eigenvalue weighted by Crippen LogP contribution is 2.25. The standard InChI is InChI=1S/C23H23ClN4O2S/c1-16-2-8-19(9-3-16)25-22(29)18-6-4-17(5-7-18)15-31-23-26-20(24)14-21(27-23)28-10-12-30-13-11-28/h2-9,14H,10-13,15H2,1H3,(H,25,29). The molecule has 8 heteroatoms. The van der Waals surface area contributed by atoms with Crippen LogP contribution in [0.15, 0.2) is 59.8 Å². The molecule has 31 heavy (non-hydrogen) atoms. The predicted molar refractivity (Wildman–Crippen MR) is 125 cm³/mol. The molecule has 0 unspecified atom stereocenters. The van der Waals surface area contributed by atoms with Gasteiger partial charge in [0.15, 0.2) is 5.16 Å². The van der Waals surface area contributed by atoms with Crippen molar-refractivity contribution < 1.29 is 9.53 Å². The van der Waals surface area contributed by atoms with Gasteiger partial charge in [-0.3, -0.25) is 4.79 Å². The minimum atomic E-state index is -0.128. The number of carbonyl (C=O) groups excluding carboxylic acids is 1. The van der Waals surface area contributed by atoms with E-state index in [2.05, 4.69) is 20.2 Å². The fourth-order valence-electron chi connectivity index (χ4n) is 3.14. The van der Waals surface area contributed by atoms with Gasteiger partial charge in [0, 0.05) is 36.2 Å². The molecule has 1 aliphatic heterocycles. The Morgan fingerprint density at radius 2 is 1.81 bits per heavy atom. The molecule has 2 aromatic carbocycles. The monoisotopic (exact) mass is 454 g/mol. The third-order valence-corrected chi connectivity index (χ3v) is 6.00. The summed E-state index contributed by atoms with van der Waals surface area (Å²) in [5, 5.41) is 3.98. The van der Waals surface area contributed by atoms with Crippen LogP contribution >= 0.6 is 23.4 Å². The number of hydrogen-bond donors (Lipinski definition) is 1. The minimum Gasteiger partial charge on any atom is -0.378 e. The summed E-state index contributed by atoms with van der Waals surface area (Å²) in [5.41, 5.74) is 3.63. The number of aromatic nitrogens is 2. The summed E-state index contributed by atoms with van der Waals surface area (Å²) in [6, 6.07) is 17.1. The highest BCUT2D eigenvalue weighted by Gasteiger charge is 2.15. The van der Waals surface area contributed by atoms with Gasteiger partial charge < -0.3 is 15.0 Å². The number of rotatable bonds is 6. The smallest absolute Gasteiger partial charge is 0.255 e. The van der Waals surface area contributed by atoms with Crippen LogP contribution in [0.5, 0.6) is 0 Å². The number of ether oxygens (including phenoxy) is 1. The Kier molecular flexibility index (Phi) is 7.06. The summed E-state index contributed by atoms with van der Waals surface area (Å²) >= 11 is 7.73. The lowest BCUT2D eigenvalue weighted by molar-refractivity contribution is 0.102. The molecule has 1 amide bonds. The number of hydrogen-bond acceptors (Lipinski definition) is 6. The number of thioether (sulfide) groups is 1. The first-order chi connectivity index (χ1) is 15.1. The topological polar surface area (TPSA) is 67.4 Å². The molecule has 3 aromatic rings. The molecule has 1 aromatic heterocycles. The Labute approximate surface area is 191 Å². The average Bonchev–Trinajstić information content (AvgIpc) is 2.80. The Morgan fingerprint density at radius 3 is 2.52 bits per heavy atom. The lowest BCUT2D eigenvalue weighted by Crippen LogP contribution is -2.36. The van der Waals surface area contributed by atoms with Crippen molar-refractivity contribution in [3.63, 3.8) is 0 Å². The van der Waals surface area contributed by atoms with Gasteiger partial charge in [-0.1, -0.05) is 53.2 Å². The van der Waals surface area contributed by atoms with Gasteiger partial charge in [0.05, 0.1) is 13.2 Å².